The number of nitrogens with one attached hydrogen (secondary N) is 2. The van der Waals surface area contributed by atoms with Crippen LogP contribution in [-0.4, -0.2) is 13.0 Å². The van der Waals surface area contributed by atoms with Gasteiger partial charge in [0, 0.05) is 18.4 Å². The summed E-state index contributed by atoms with van der Waals surface area (Å²) in [5.41, 5.74) is 5.66. The summed E-state index contributed by atoms with van der Waals surface area (Å²) in [6, 6.07) is 11.8. The minimum atomic E-state index is -0.0944. The predicted molar refractivity (Wildman–Crippen MR) is 84.6 cm³/mol. The third-order valence-electron chi connectivity index (χ3n) is 3.33. The summed E-state index contributed by atoms with van der Waals surface area (Å²) in [7, 11) is 1.82. The number of hydrogen-bond acceptors (Lipinski definition) is 2. The van der Waals surface area contributed by atoms with Crippen LogP contribution in [0.15, 0.2) is 36.4 Å². The average molecular weight is 268 g/mol. The zero-order chi connectivity index (χ0) is 14.7. The molecule has 0 fully saturated rings. The zero-order valence-electron chi connectivity index (χ0n) is 12.4. The molecule has 0 aromatic heterocycles. The molecule has 0 atom stereocenters. The fourth-order valence-corrected chi connectivity index (χ4v) is 2.12. The van der Waals surface area contributed by atoms with E-state index in [1.807, 2.05) is 64.2 Å². The van der Waals surface area contributed by atoms with Crippen molar-refractivity contribution >= 4 is 17.3 Å². The summed E-state index contributed by atoms with van der Waals surface area (Å²) in [4.78, 5) is 12.4. The quantitative estimate of drug-likeness (QED) is 0.886. The molecule has 0 spiro atoms. The molecule has 0 heterocycles. The van der Waals surface area contributed by atoms with Crippen LogP contribution in [0, 0.1) is 20.8 Å². The van der Waals surface area contributed by atoms with Crippen LogP contribution in [-0.2, 0) is 0 Å². The first-order chi connectivity index (χ1) is 9.51. The van der Waals surface area contributed by atoms with Gasteiger partial charge < -0.3 is 10.6 Å². The van der Waals surface area contributed by atoms with E-state index in [1.165, 1.54) is 0 Å². The van der Waals surface area contributed by atoms with Gasteiger partial charge in [-0.05, 0) is 55.7 Å². The Balaban J connectivity index is 2.30. The van der Waals surface area contributed by atoms with E-state index < -0.39 is 0 Å². The molecule has 0 radical (unpaired) electrons. The second-order valence-electron chi connectivity index (χ2n) is 5.07. The summed E-state index contributed by atoms with van der Waals surface area (Å²) in [6.07, 6.45) is 0. The average Bonchev–Trinajstić information content (AvgIpc) is 2.42. The number of amides is 1. The highest BCUT2D eigenvalue weighted by Gasteiger charge is 2.12. The molecule has 0 bridgehead atoms. The Morgan fingerprint density at radius 3 is 2.15 bits per heavy atom. The molecular formula is C17H20N2O. The maximum absolute atomic E-state index is 12.4. The topological polar surface area (TPSA) is 41.1 Å². The highest BCUT2D eigenvalue weighted by Crippen LogP contribution is 2.21. The van der Waals surface area contributed by atoms with E-state index in [9.17, 15) is 4.79 Å². The minimum Gasteiger partial charge on any atom is -0.387 e. The molecule has 0 unspecified atom stereocenters. The predicted octanol–water partition coefficient (Wildman–Crippen LogP) is 3.91. The summed E-state index contributed by atoms with van der Waals surface area (Å²) in [5.74, 6) is -0.0944. The Hall–Kier alpha value is -2.29. The van der Waals surface area contributed by atoms with E-state index >= 15 is 0 Å². The number of anilines is 2. The molecule has 0 aliphatic rings. The van der Waals surface area contributed by atoms with Crippen molar-refractivity contribution in [2.24, 2.45) is 0 Å². The van der Waals surface area contributed by atoms with Gasteiger partial charge in [0.15, 0.2) is 0 Å². The van der Waals surface area contributed by atoms with Gasteiger partial charge in [-0.3, -0.25) is 4.79 Å². The lowest BCUT2D eigenvalue weighted by Gasteiger charge is -2.12. The number of benzene rings is 2. The first kappa shape index (κ1) is 14.1. The highest BCUT2D eigenvalue weighted by atomic mass is 16.1. The van der Waals surface area contributed by atoms with Gasteiger partial charge in [-0.15, -0.1) is 0 Å². The van der Waals surface area contributed by atoms with Crippen molar-refractivity contribution in [1.82, 2.24) is 0 Å². The van der Waals surface area contributed by atoms with Crippen LogP contribution >= 0.6 is 0 Å². The van der Waals surface area contributed by atoms with Gasteiger partial charge in [0.1, 0.15) is 0 Å². The lowest BCUT2D eigenvalue weighted by molar-refractivity contribution is 0.102. The summed E-state index contributed by atoms with van der Waals surface area (Å²) >= 11 is 0. The largest absolute Gasteiger partial charge is 0.387 e. The number of hydrogen-bond donors (Lipinski definition) is 2. The molecule has 2 aromatic rings. The van der Waals surface area contributed by atoms with Gasteiger partial charge in [0.05, 0.1) is 5.56 Å². The van der Waals surface area contributed by atoms with Crippen molar-refractivity contribution < 1.29 is 4.79 Å². The van der Waals surface area contributed by atoms with Crippen molar-refractivity contribution in [1.29, 1.82) is 0 Å². The van der Waals surface area contributed by atoms with Crippen molar-refractivity contribution in [3.8, 4) is 0 Å². The Morgan fingerprint density at radius 2 is 1.50 bits per heavy atom. The molecule has 1 amide bonds. The molecular weight excluding hydrogens is 248 g/mol. The molecule has 0 saturated heterocycles. The lowest BCUT2D eigenvalue weighted by atomic mass is 10.1. The Bertz CT molecular complexity index is 647. The molecule has 20 heavy (non-hydrogen) atoms. The smallest absolute Gasteiger partial charge is 0.257 e. The first-order valence-corrected chi connectivity index (χ1v) is 6.68. The van der Waals surface area contributed by atoms with Gasteiger partial charge in [0.25, 0.3) is 5.91 Å². The molecule has 3 nitrogen and oxygen atoms in total. The Kier molecular flexibility index (Phi) is 4.08. The highest BCUT2D eigenvalue weighted by molar-refractivity contribution is 6.08. The maximum Gasteiger partial charge on any atom is 0.257 e. The minimum absolute atomic E-state index is 0.0944. The molecule has 3 heteroatoms. The van der Waals surface area contributed by atoms with Crippen LogP contribution in [0.1, 0.15) is 27.0 Å². The van der Waals surface area contributed by atoms with E-state index in [0.717, 1.165) is 28.1 Å². The fraction of sp³-hybridized carbons (Fsp3) is 0.235. The van der Waals surface area contributed by atoms with Crippen LogP contribution < -0.4 is 10.6 Å². The van der Waals surface area contributed by atoms with Crippen LogP contribution in [0.5, 0.6) is 0 Å². The third kappa shape index (κ3) is 2.99. The van der Waals surface area contributed by atoms with Gasteiger partial charge in [-0.2, -0.15) is 0 Å². The van der Waals surface area contributed by atoms with E-state index in [1.54, 1.807) is 0 Å². The van der Waals surface area contributed by atoms with E-state index in [0.29, 0.717) is 5.56 Å². The summed E-state index contributed by atoms with van der Waals surface area (Å²) in [5, 5.41) is 6.05. The molecule has 2 aromatic carbocycles. The van der Waals surface area contributed by atoms with Crippen LogP contribution in [0.3, 0.4) is 0 Å². The third-order valence-corrected chi connectivity index (χ3v) is 3.33. The fourth-order valence-electron chi connectivity index (χ4n) is 2.12. The normalized spacial score (nSPS) is 10.2. The number of carbonyl (C=O) groups is 1. The standard InChI is InChI=1S/C17H20N2O/c1-11-5-7-13(3)15(9-11)19-17(20)14-8-6-12(2)10-16(14)18-4/h5-10,18H,1-4H3,(H,19,20). The van der Waals surface area contributed by atoms with Gasteiger partial charge >= 0.3 is 0 Å². The number of aryl methyl sites for hydroxylation is 3. The van der Waals surface area contributed by atoms with Crippen molar-refractivity contribution in [3.63, 3.8) is 0 Å². The Labute approximate surface area is 120 Å². The van der Waals surface area contributed by atoms with Crippen LogP contribution in [0.2, 0.25) is 0 Å². The molecule has 2 N–H and O–H groups in total. The summed E-state index contributed by atoms with van der Waals surface area (Å²) < 4.78 is 0. The van der Waals surface area contributed by atoms with Gasteiger partial charge in [0.2, 0.25) is 0 Å². The second kappa shape index (κ2) is 5.78. The SMILES string of the molecule is CNc1cc(C)ccc1C(=O)Nc1cc(C)ccc1C. The van der Waals surface area contributed by atoms with Gasteiger partial charge in [-0.25, -0.2) is 0 Å². The second-order valence-corrected chi connectivity index (χ2v) is 5.07. The number of rotatable bonds is 3. The molecule has 104 valence electrons. The van der Waals surface area contributed by atoms with Crippen molar-refractivity contribution in [3.05, 3.63) is 58.7 Å². The van der Waals surface area contributed by atoms with E-state index in [4.69, 9.17) is 0 Å². The monoisotopic (exact) mass is 268 g/mol. The lowest BCUT2D eigenvalue weighted by Crippen LogP contribution is -2.15. The molecule has 0 aliphatic carbocycles. The van der Waals surface area contributed by atoms with E-state index in [2.05, 4.69) is 10.6 Å². The van der Waals surface area contributed by atoms with Gasteiger partial charge in [-0.1, -0.05) is 18.2 Å². The van der Waals surface area contributed by atoms with Crippen molar-refractivity contribution in [2.45, 2.75) is 20.8 Å². The molecule has 0 saturated carbocycles. The molecule has 2 rings (SSSR count). The number of carbonyl (C=O) groups excluding carboxylic acids is 1. The van der Waals surface area contributed by atoms with Crippen LogP contribution in [0.25, 0.3) is 0 Å². The molecule has 0 aliphatic heterocycles. The van der Waals surface area contributed by atoms with Crippen molar-refractivity contribution in [2.75, 3.05) is 17.7 Å². The van der Waals surface area contributed by atoms with E-state index in [-0.39, 0.29) is 5.91 Å². The maximum atomic E-state index is 12.4. The first-order valence-electron chi connectivity index (χ1n) is 6.68. The zero-order valence-corrected chi connectivity index (χ0v) is 12.4. The summed E-state index contributed by atoms with van der Waals surface area (Å²) in [6.45, 7) is 6.01. The van der Waals surface area contributed by atoms with Crippen LogP contribution in [0.4, 0.5) is 11.4 Å². The Morgan fingerprint density at radius 1 is 0.900 bits per heavy atom.